The lowest BCUT2D eigenvalue weighted by atomic mass is 10.1. The zero-order valence-electron chi connectivity index (χ0n) is 16.9. The number of ether oxygens (including phenoxy) is 1. The number of guanidine groups is 1. The third-order valence-electron chi connectivity index (χ3n) is 4.27. The first-order valence-electron chi connectivity index (χ1n) is 9.57. The van der Waals surface area contributed by atoms with Gasteiger partial charge in [0.2, 0.25) is 0 Å². The zero-order valence-corrected chi connectivity index (χ0v) is 17.7. The van der Waals surface area contributed by atoms with Gasteiger partial charge in [-0.15, -0.1) is 21.5 Å². The predicted molar refractivity (Wildman–Crippen MR) is 111 cm³/mol. The van der Waals surface area contributed by atoms with E-state index in [1.807, 2.05) is 36.8 Å². The highest BCUT2D eigenvalue weighted by Crippen LogP contribution is 2.13. The second-order valence-electron chi connectivity index (χ2n) is 6.63. The Hall–Kier alpha value is -1.93. The van der Waals surface area contributed by atoms with Crippen LogP contribution < -0.4 is 10.6 Å². The molecular weight excluding hydrogens is 360 g/mol. The minimum atomic E-state index is 0.497. The van der Waals surface area contributed by atoms with Crippen LogP contribution in [0, 0.1) is 12.8 Å². The van der Waals surface area contributed by atoms with Gasteiger partial charge in [0.15, 0.2) is 11.8 Å². The van der Waals surface area contributed by atoms with Gasteiger partial charge in [-0.1, -0.05) is 13.0 Å². The van der Waals surface area contributed by atoms with Crippen LogP contribution in [0.15, 0.2) is 22.5 Å². The molecule has 150 valence electrons. The lowest BCUT2D eigenvalue weighted by molar-refractivity contribution is 0.145. The van der Waals surface area contributed by atoms with Crippen LogP contribution in [0.2, 0.25) is 0 Å². The van der Waals surface area contributed by atoms with Crippen molar-refractivity contribution in [3.8, 4) is 0 Å². The summed E-state index contributed by atoms with van der Waals surface area (Å²) >= 11 is 1.81. The molecule has 7 nitrogen and oxygen atoms in total. The van der Waals surface area contributed by atoms with E-state index in [0.29, 0.717) is 12.5 Å². The van der Waals surface area contributed by atoms with Crippen LogP contribution in [0.4, 0.5) is 0 Å². The van der Waals surface area contributed by atoms with E-state index in [1.165, 1.54) is 4.88 Å². The number of thiophene rings is 1. The Kier molecular flexibility index (Phi) is 9.27. The number of hydrogen-bond acceptors (Lipinski definition) is 5. The quantitative estimate of drug-likeness (QED) is 0.349. The van der Waals surface area contributed by atoms with E-state index in [2.05, 4.69) is 50.3 Å². The van der Waals surface area contributed by atoms with Gasteiger partial charge in [0.1, 0.15) is 12.4 Å². The van der Waals surface area contributed by atoms with Gasteiger partial charge in [-0.2, -0.15) is 0 Å². The van der Waals surface area contributed by atoms with Crippen molar-refractivity contribution in [2.24, 2.45) is 18.0 Å². The van der Waals surface area contributed by atoms with Crippen molar-refractivity contribution in [3.05, 3.63) is 34.0 Å². The molecule has 0 amide bonds. The molecule has 8 heteroatoms. The first-order chi connectivity index (χ1) is 13.1. The Labute approximate surface area is 166 Å². The molecule has 27 heavy (non-hydrogen) atoms. The van der Waals surface area contributed by atoms with Crippen molar-refractivity contribution < 1.29 is 4.74 Å². The summed E-state index contributed by atoms with van der Waals surface area (Å²) in [6.07, 6.45) is 2.02. The molecule has 0 aromatic carbocycles. The summed E-state index contributed by atoms with van der Waals surface area (Å²) in [5.41, 5.74) is 0. The third-order valence-corrected chi connectivity index (χ3v) is 5.17. The van der Waals surface area contributed by atoms with Crippen molar-refractivity contribution in [2.75, 3.05) is 26.3 Å². The van der Waals surface area contributed by atoms with Crippen LogP contribution >= 0.6 is 11.3 Å². The molecular formula is C19H32N6OS. The van der Waals surface area contributed by atoms with Gasteiger partial charge in [-0.25, -0.2) is 4.99 Å². The predicted octanol–water partition coefficient (Wildman–Crippen LogP) is 2.53. The number of hydrogen-bond donors (Lipinski definition) is 2. The maximum Gasteiger partial charge on any atom is 0.191 e. The van der Waals surface area contributed by atoms with Crippen molar-refractivity contribution >= 4 is 17.3 Å². The molecule has 0 aliphatic carbocycles. The molecule has 2 aromatic rings. The summed E-state index contributed by atoms with van der Waals surface area (Å²) < 4.78 is 7.37. The van der Waals surface area contributed by atoms with Gasteiger partial charge >= 0.3 is 0 Å². The Morgan fingerprint density at radius 1 is 1.37 bits per heavy atom. The minimum absolute atomic E-state index is 0.497. The summed E-state index contributed by atoms with van der Waals surface area (Å²) in [5, 5.41) is 17.3. The van der Waals surface area contributed by atoms with E-state index in [9.17, 15) is 0 Å². The van der Waals surface area contributed by atoms with Crippen LogP contribution in [0.1, 0.15) is 36.8 Å². The molecule has 2 rings (SSSR count). The average molecular weight is 393 g/mol. The number of nitrogens with zero attached hydrogens (tertiary/aromatic N) is 4. The van der Waals surface area contributed by atoms with Gasteiger partial charge in [0, 0.05) is 38.2 Å². The van der Waals surface area contributed by atoms with Crippen LogP contribution in [-0.2, 0) is 24.8 Å². The Bertz CT molecular complexity index is 682. The van der Waals surface area contributed by atoms with Crippen LogP contribution in [0.5, 0.6) is 0 Å². The fourth-order valence-corrected chi connectivity index (χ4v) is 3.42. The molecule has 0 fully saturated rings. The lowest BCUT2D eigenvalue weighted by Gasteiger charge is -2.16. The minimum Gasteiger partial charge on any atom is -0.382 e. The third kappa shape index (κ3) is 7.68. The molecule has 0 spiro atoms. The van der Waals surface area contributed by atoms with E-state index in [0.717, 1.165) is 56.8 Å². The molecule has 1 atom stereocenters. The van der Waals surface area contributed by atoms with Gasteiger partial charge < -0.3 is 19.9 Å². The summed E-state index contributed by atoms with van der Waals surface area (Å²) in [4.78, 5) is 6.11. The number of rotatable bonds is 11. The van der Waals surface area contributed by atoms with Gasteiger partial charge in [0.05, 0.1) is 0 Å². The van der Waals surface area contributed by atoms with E-state index >= 15 is 0 Å². The Morgan fingerprint density at radius 3 is 2.89 bits per heavy atom. The van der Waals surface area contributed by atoms with E-state index < -0.39 is 0 Å². The molecule has 2 N–H and O–H groups in total. The molecule has 0 bridgehead atoms. The maximum atomic E-state index is 5.40. The summed E-state index contributed by atoms with van der Waals surface area (Å²) in [6, 6.07) is 4.30. The highest BCUT2D eigenvalue weighted by Gasteiger charge is 2.08. The van der Waals surface area contributed by atoms with Crippen LogP contribution in [-0.4, -0.2) is 47.0 Å². The maximum absolute atomic E-state index is 5.40. The van der Waals surface area contributed by atoms with Gasteiger partial charge in [-0.3, -0.25) is 0 Å². The van der Waals surface area contributed by atoms with E-state index in [4.69, 9.17) is 4.74 Å². The Balaban J connectivity index is 1.87. The van der Waals surface area contributed by atoms with Gasteiger partial charge in [-0.05, 0) is 44.1 Å². The highest BCUT2D eigenvalue weighted by atomic mass is 32.1. The summed E-state index contributed by atoms with van der Waals surface area (Å²) in [7, 11) is 1.96. The summed E-state index contributed by atoms with van der Waals surface area (Å²) in [5.74, 6) is 3.08. The average Bonchev–Trinajstić information content (AvgIpc) is 3.27. The van der Waals surface area contributed by atoms with E-state index in [1.54, 1.807) is 0 Å². The van der Waals surface area contributed by atoms with Crippen molar-refractivity contribution in [1.82, 2.24) is 25.4 Å². The second-order valence-corrected chi connectivity index (χ2v) is 7.67. The standard InChI is InChI=1S/C19H32N6OS/c1-5-26-10-7-9-20-19(22-14-18-24-23-16(3)25(18)4)21-13-15(2)12-17-8-6-11-27-17/h6,8,11,15H,5,7,9-10,12-14H2,1-4H3,(H2,20,21,22). The normalized spacial score (nSPS) is 13.0. The highest BCUT2D eigenvalue weighted by molar-refractivity contribution is 7.09. The van der Waals surface area contributed by atoms with Crippen molar-refractivity contribution in [2.45, 2.75) is 40.2 Å². The molecule has 0 saturated carbocycles. The molecule has 0 radical (unpaired) electrons. The molecule has 0 aliphatic rings. The molecule has 0 aliphatic heterocycles. The fraction of sp³-hybridized carbons (Fsp3) is 0.632. The van der Waals surface area contributed by atoms with Crippen molar-refractivity contribution in [3.63, 3.8) is 0 Å². The van der Waals surface area contributed by atoms with Crippen molar-refractivity contribution in [1.29, 1.82) is 0 Å². The SMILES string of the molecule is CCOCCCNC(=NCc1nnc(C)n1C)NCC(C)Cc1cccs1. The molecule has 2 aromatic heterocycles. The van der Waals surface area contributed by atoms with Crippen LogP contribution in [0.3, 0.4) is 0 Å². The zero-order chi connectivity index (χ0) is 19.5. The van der Waals surface area contributed by atoms with Crippen LogP contribution in [0.25, 0.3) is 0 Å². The van der Waals surface area contributed by atoms with E-state index in [-0.39, 0.29) is 0 Å². The number of aliphatic imine (C=N–C) groups is 1. The number of aromatic nitrogens is 3. The number of nitrogens with one attached hydrogen (secondary N) is 2. The lowest BCUT2D eigenvalue weighted by Crippen LogP contribution is -2.40. The fourth-order valence-electron chi connectivity index (χ4n) is 2.55. The van der Waals surface area contributed by atoms with Gasteiger partial charge in [0.25, 0.3) is 0 Å². The largest absolute Gasteiger partial charge is 0.382 e. The number of aryl methyl sites for hydroxylation is 1. The molecule has 1 unspecified atom stereocenters. The summed E-state index contributed by atoms with van der Waals surface area (Å²) in [6.45, 7) is 9.91. The Morgan fingerprint density at radius 2 is 2.22 bits per heavy atom. The topological polar surface area (TPSA) is 76.4 Å². The molecule has 0 saturated heterocycles. The first kappa shape index (κ1) is 21.4. The molecule has 2 heterocycles. The first-order valence-corrected chi connectivity index (χ1v) is 10.4. The second kappa shape index (κ2) is 11.7. The monoisotopic (exact) mass is 392 g/mol. The smallest absolute Gasteiger partial charge is 0.191 e.